The Hall–Kier alpha value is -2.62. The van der Waals surface area contributed by atoms with E-state index in [0.29, 0.717) is 33.7 Å². The topological polar surface area (TPSA) is 86.1 Å². The van der Waals surface area contributed by atoms with Gasteiger partial charge >= 0.3 is 5.97 Å². The van der Waals surface area contributed by atoms with Crippen molar-refractivity contribution in [3.63, 3.8) is 0 Å². The summed E-state index contributed by atoms with van der Waals surface area (Å²) in [4.78, 5) is 25.3. The molecule has 3 rings (SSSR count). The van der Waals surface area contributed by atoms with Crippen molar-refractivity contribution in [2.24, 2.45) is 0 Å². The monoisotopic (exact) mass is 476 g/mol. The Bertz CT molecular complexity index is 1090. The number of ether oxygens (including phenoxy) is 1. The fourth-order valence-electron chi connectivity index (χ4n) is 2.82. The number of carbonyl (C=O) groups is 2. The maximum Gasteiger partial charge on any atom is 0.340 e. The van der Waals surface area contributed by atoms with Crippen molar-refractivity contribution < 1.29 is 14.3 Å². The Morgan fingerprint density at radius 2 is 2.06 bits per heavy atom. The van der Waals surface area contributed by atoms with Gasteiger partial charge in [-0.15, -0.1) is 28.1 Å². The van der Waals surface area contributed by atoms with Gasteiger partial charge in [0, 0.05) is 22.9 Å². The second kappa shape index (κ2) is 10.6. The number of carbonyl (C=O) groups excluding carboxylic acids is 2. The molecule has 0 aliphatic rings. The van der Waals surface area contributed by atoms with Gasteiger partial charge in [0.1, 0.15) is 10.8 Å². The van der Waals surface area contributed by atoms with Crippen LogP contribution < -0.4 is 5.32 Å². The van der Waals surface area contributed by atoms with E-state index in [1.165, 1.54) is 30.2 Å². The lowest BCUT2D eigenvalue weighted by atomic mass is 10.1. The number of aromatic nitrogens is 3. The van der Waals surface area contributed by atoms with Crippen LogP contribution >= 0.6 is 34.7 Å². The molecule has 0 saturated carbocycles. The number of thioether (sulfide) groups is 1. The van der Waals surface area contributed by atoms with Crippen LogP contribution in [0.25, 0.3) is 0 Å². The zero-order chi connectivity index (χ0) is 22.4. The summed E-state index contributed by atoms with van der Waals surface area (Å²) in [6.45, 7) is 6.19. The molecule has 2 heterocycles. The lowest BCUT2D eigenvalue weighted by Crippen LogP contribution is -2.16. The van der Waals surface area contributed by atoms with Crippen LogP contribution in [0.4, 0.5) is 5.00 Å². The van der Waals surface area contributed by atoms with Gasteiger partial charge in [0.2, 0.25) is 5.91 Å². The Morgan fingerprint density at radius 3 is 2.74 bits per heavy atom. The highest BCUT2D eigenvalue weighted by Crippen LogP contribution is 2.29. The zero-order valence-corrected chi connectivity index (χ0v) is 19.4. The van der Waals surface area contributed by atoms with E-state index in [0.717, 1.165) is 16.3 Å². The van der Waals surface area contributed by atoms with Gasteiger partial charge in [-0.25, -0.2) is 4.79 Å². The first kappa shape index (κ1) is 23.1. The summed E-state index contributed by atoms with van der Waals surface area (Å²) in [5.41, 5.74) is 1.41. The molecule has 162 valence electrons. The lowest BCUT2D eigenvalue weighted by molar-refractivity contribution is -0.113. The highest BCUT2D eigenvalue weighted by Gasteiger charge is 2.19. The van der Waals surface area contributed by atoms with Crippen molar-refractivity contribution in [1.29, 1.82) is 0 Å². The number of hydrogen-bond acceptors (Lipinski definition) is 7. The minimum atomic E-state index is -0.482. The average molecular weight is 477 g/mol. The number of allylic oxidation sites excluding steroid dienone is 1. The van der Waals surface area contributed by atoms with E-state index in [2.05, 4.69) is 22.1 Å². The van der Waals surface area contributed by atoms with E-state index in [4.69, 9.17) is 16.3 Å². The molecular weight excluding hydrogens is 456 g/mol. The molecule has 1 N–H and O–H groups in total. The van der Waals surface area contributed by atoms with Gasteiger partial charge in [0.15, 0.2) is 5.16 Å². The predicted molar refractivity (Wildman–Crippen MR) is 124 cm³/mol. The SMILES string of the molecule is C=CCn1c(Cc2ccc(Cl)cc2)nnc1SCC(=O)Nc1sc(C)cc1C(=O)OC. The Kier molecular flexibility index (Phi) is 7.89. The molecule has 1 amide bonds. The Labute approximate surface area is 193 Å². The molecule has 3 aromatic rings. The summed E-state index contributed by atoms with van der Waals surface area (Å²) in [6.07, 6.45) is 2.34. The Balaban J connectivity index is 1.68. The molecule has 2 aromatic heterocycles. The third-order valence-electron chi connectivity index (χ3n) is 4.23. The minimum absolute atomic E-state index is 0.119. The number of hydrogen-bond donors (Lipinski definition) is 1. The van der Waals surface area contributed by atoms with E-state index in [1.807, 2.05) is 35.8 Å². The van der Waals surface area contributed by atoms with E-state index in [9.17, 15) is 9.59 Å². The molecule has 0 radical (unpaired) electrons. The number of nitrogens with zero attached hydrogens (tertiary/aromatic N) is 3. The van der Waals surface area contributed by atoms with Gasteiger partial charge in [0.25, 0.3) is 0 Å². The molecule has 7 nitrogen and oxygen atoms in total. The smallest absolute Gasteiger partial charge is 0.340 e. The fraction of sp³-hybridized carbons (Fsp3) is 0.238. The molecule has 0 spiro atoms. The molecule has 0 unspecified atom stereocenters. The van der Waals surface area contributed by atoms with Crippen LogP contribution in [0, 0.1) is 6.92 Å². The van der Waals surface area contributed by atoms with Crippen LogP contribution in [0.3, 0.4) is 0 Å². The van der Waals surface area contributed by atoms with Crippen molar-refractivity contribution in [3.8, 4) is 0 Å². The number of thiophene rings is 1. The number of halogens is 1. The number of methoxy groups -OCH3 is 1. The van der Waals surface area contributed by atoms with E-state index in [-0.39, 0.29) is 11.7 Å². The largest absolute Gasteiger partial charge is 0.465 e. The van der Waals surface area contributed by atoms with E-state index < -0.39 is 5.97 Å². The van der Waals surface area contributed by atoms with E-state index in [1.54, 1.807) is 12.1 Å². The van der Waals surface area contributed by atoms with Crippen LogP contribution in [-0.4, -0.2) is 39.5 Å². The maximum atomic E-state index is 12.5. The molecule has 0 atom stereocenters. The summed E-state index contributed by atoms with van der Waals surface area (Å²) < 4.78 is 6.70. The molecular formula is C21H21ClN4O3S2. The first-order valence-electron chi connectivity index (χ1n) is 9.30. The fourth-order valence-corrected chi connectivity index (χ4v) is 4.62. The molecule has 0 aliphatic heterocycles. The first-order valence-corrected chi connectivity index (χ1v) is 11.5. The average Bonchev–Trinajstić information content (AvgIpc) is 3.30. The molecule has 1 aromatic carbocycles. The number of nitrogens with one attached hydrogen (secondary N) is 1. The van der Waals surface area contributed by atoms with Gasteiger partial charge in [-0.05, 0) is 30.7 Å². The second-order valence-corrected chi connectivity index (χ2v) is 9.16. The quantitative estimate of drug-likeness (QED) is 0.276. The molecule has 31 heavy (non-hydrogen) atoms. The normalized spacial score (nSPS) is 10.7. The van der Waals surface area contributed by atoms with Gasteiger partial charge in [-0.3, -0.25) is 4.79 Å². The summed E-state index contributed by atoms with van der Waals surface area (Å²) in [6, 6.07) is 9.25. The summed E-state index contributed by atoms with van der Waals surface area (Å²) >= 11 is 8.55. The predicted octanol–water partition coefficient (Wildman–Crippen LogP) is 4.60. The third kappa shape index (κ3) is 5.96. The number of amides is 1. The molecule has 0 fully saturated rings. The third-order valence-corrected chi connectivity index (χ3v) is 6.41. The maximum absolute atomic E-state index is 12.5. The first-order chi connectivity index (χ1) is 14.9. The molecule has 0 aliphatic carbocycles. The second-order valence-electron chi connectivity index (χ2n) is 6.53. The van der Waals surface area contributed by atoms with Crippen LogP contribution in [0.5, 0.6) is 0 Å². The highest BCUT2D eigenvalue weighted by atomic mass is 35.5. The van der Waals surface area contributed by atoms with Crippen molar-refractivity contribution >= 4 is 51.6 Å². The summed E-state index contributed by atoms with van der Waals surface area (Å²) in [5, 5.41) is 13.1. The summed E-state index contributed by atoms with van der Waals surface area (Å²) in [7, 11) is 1.31. The standard InChI is InChI=1S/C21H21ClN4O3S2/c1-4-9-26-17(11-14-5-7-15(22)8-6-14)24-25-21(26)30-12-18(27)23-19-16(20(28)29-3)10-13(2)31-19/h4-8,10H,1,9,11-12H2,2-3H3,(H,23,27). The van der Waals surface area contributed by atoms with E-state index >= 15 is 0 Å². The van der Waals surface area contributed by atoms with Crippen LogP contribution in [0.15, 0.2) is 48.1 Å². The van der Waals surface area contributed by atoms with Crippen molar-refractivity contribution in [1.82, 2.24) is 14.8 Å². The number of benzene rings is 1. The number of esters is 1. The molecule has 0 bridgehead atoms. The van der Waals surface area contributed by atoms with Crippen LogP contribution in [0.1, 0.15) is 26.6 Å². The zero-order valence-electron chi connectivity index (χ0n) is 17.1. The lowest BCUT2D eigenvalue weighted by Gasteiger charge is -2.08. The van der Waals surface area contributed by atoms with Crippen molar-refractivity contribution in [2.45, 2.75) is 25.0 Å². The minimum Gasteiger partial charge on any atom is -0.465 e. The number of aryl methyl sites for hydroxylation is 1. The van der Waals surface area contributed by atoms with Crippen molar-refractivity contribution in [2.75, 3.05) is 18.2 Å². The highest BCUT2D eigenvalue weighted by molar-refractivity contribution is 7.99. The van der Waals surface area contributed by atoms with Gasteiger partial charge < -0.3 is 14.6 Å². The number of rotatable bonds is 9. The summed E-state index contributed by atoms with van der Waals surface area (Å²) in [5.74, 6) is 0.162. The van der Waals surface area contributed by atoms with Gasteiger partial charge in [0.05, 0.1) is 18.4 Å². The van der Waals surface area contributed by atoms with Crippen molar-refractivity contribution in [3.05, 3.63) is 69.8 Å². The van der Waals surface area contributed by atoms with Crippen LogP contribution in [-0.2, 0) is 22.5 Å². The van der Waals surface area contributed by atoms with Crippen LogP contribution in [0.2, 0.25) is 5.02 Å². The molecule has 0 saturated heterocycles. The van der Waals surface area contributed by atoms with Gasteiger partial charge in [-0.1, -0.05) is 41.6 Å². The molecule has 10 heteroatoms. The number of anilines is 1. The van der Waals surface area contributed by atoms with Gasteiger partial charge in [-0.2, -0.15) is 0 Å². The Morgan fingerprint density at radius 1 is 1.32 bits per heavy atom.